The fraction of sp³-hybridized carbons (Fsp3) is 0.957. The van der Waals surface area contributed by atoms with Gasteiger partial charge in [-0.05, 0) is 86.4 Å². The van der Waals surface area contributed by atoms with Crippen molar-refractivity contribution in [2.45, 2.75) is 97.1 Å². The van der Waals surface area contributed by atoms with Crippen molar-refractivity contribution >= 4 is 5.97 Å². The molecule has 4 aliphatic rings. The third-order valence-electron chi connectivity index (χ3n) is 9.61. The van der Waals surface area contributed by atoms with Gasteiger partial charge in [-0.25, -0.2) is 0 Å². The first-order chi connectivity index (χ1) is 13.1. The summed E-state index contributed by atoms with van der Waals surface area (Å²) in [4.78, 5) is 11.7. The molecule has 5 heteroatoms. The van der Waals surface area contributed by atoms with Crippen LogP contribution in [0.5, 0.6) is 0 Å². The van der Waals surface area contributed by atoms with E-state index in [1.54, 1.807) is 0 Å². The molecular formula is C23H38O5. The van der Waals surface area contributed by atoms with Crippen LogP contribution in [-0.4, -0.2) is 45.7 Å². The molecule has 160 valence electrons. The minimum Gasteiger partial charge on any atom is -0.462 e. The van der Waals surface area contributed by atoms with Gasteiger partial charge in [0.25, 0.3) is 0 Å². The van der Waals surface area contributed by atoms with Crippen molar-refractivity contribution in [2.75, 3.05) is 0 Å². The van der Waals surface area contributed by atoms with Gasteiger partial charge in [-0.3, -0.25) is 4.79 Å². The summed E-state index contributed by atoms with van der Waals surface area (Å²) in [6, 6.07) is 0. The van der Waals surface area contributed by atoms with E-state index in [2.05, 4.69) is 13.8 Å². The molecule has 0 aliphatic heterocycles. The highest BCUT2D eigenvalue weighted by atomic mass is 16.5. The van der Waals surface area contributed by atoms with Crippen LogP contribution in [0.2, 0.25) is 0 Å². The number of aliphatic hydroxyl groups is 3. The van der Waals surface area contributed by atoms with Crippen molar-refractivity contribution in [1.29, 1.82) is 0 Å². The molecule has 0 aromatic heterocycles. The Hall–Kier alpha value is -0.650. The van der Waals surface area contributed by atoms with Gasteiger partial charge in [0.1, 0.15) is 6.10 Å². The van der Waals surface area contributed by atoms with Gasteiger partial charge in [-0.15, -0.1) is 0 Å². The molecule has 0 amide bonds. The number of carbonyl (C=O) groups is 1. The molecule has 0 radical (unpaired) electrons. The Balaban J connectivity index is 1.63. The molecule has 28 heavy (non-hydrogen) atoms. The van der Waals surface area contributed by atoms with E-state index in [4.69, 9.17) is 4.74 Å². The number of ether oxygens (including phenoxy) is 1. The molecule has 0 bridgehead atoms. The van der Waals surface area contributed by atoms with Crippen LogP contribution in [0.25, 0.3) is 0 Å². The zero-order chi connectivity index (χ0) is 20.4. The van der Waals surface area contributed by atoms with E-state index >= 15 is 0 Å². The molecule has 4 aliphatic carbocycles. The number of hydrogen-bond donors (Lipinski definition) is 3. The highest BCUT2D eigenvalue weighted by Crippen LogP contribution is 2.68. The Labute approximate surface area is 168 Å². The van der Waals surface area contributed by atoms with Crippen molar-refractivity contribution in [3.63, 3.8) is 0 Å². The van der Waals surface area contributed by atoms with Crippen LogP contribution >= 0.6 is 0 Å². The topological polar surface area (TPSA) is 87.0 Å². The zero-order valence-corrected chi connectivity index (χ0v) is 17.8. The molecule has 0 unspecified atom stereocenters. The van der Waals surface area contributed by atoms with E-state index in [1.165, 1.54) is 6.92 Å². The molecule has 0 saturated heterocycles. The second-order valence-corrected chi connectivity index (χ2v) is 10.9. The third-order valence-corrected chi connectivity index (χ3v) is 9.61. The molecule has 4 saturated carbocycles. The predicted octanol–water partition coefficient (Wildman–Crippen LogP) is 2.90. The Morgan fingerprint density at radius 1 is 1.04 bits per heavy atom. The van der Waals surface area contributed by atoms with Crippen LogP contribution in [-0.2, 0) is 9.53 Å². The summed E-state index contributed by atoms with van der Waals surface area (Å²) in [6.07, 6.45) is 4.75. The molecular weight excluding hydrogens is 356 g/mol. The Morgan fingerprint density at radius 2 is 1.75 bits per heavy atom. The van der Waals surface area contributed by atoms with Gasteiger partial charge in [0, 0.05) is 12.8 Å². The monoisotopic (exact) mass is 394 g/mol. The molecule has 3 N–H and O–H groups in total. The van der Waals surface area contributed by atoms with Crippen molar-refractivity contribution in [3.8, 4) is 0 Å². The van der Waals surface area contributed by atoms with E-state index in [0.29, 0.717) is 30.1 Å². The van der Waals surface area contributed by atoms with E-state index in [9.17, 15) is 20.1 Å². The van der Waals surface area contributed by atoms with E-state index in [-0.39, 0.29) is 28.8 Å². The molecule has 4 fully saturated rings. The number of aliphatic hydroxyl groups excluding tert-OH is 3. The van der Waals surface area contributed by atoms with Crippen LogP contribution in [0.4, 0.5) is 0 Å². The fourth-order valence-electron chi connectivity index (χ4n) is 8.50. The highest BCUT2D eigenvalue weighted by molar-refractivity contribution is 5.66. The van der Waals surface area contributed by atoms with Gasteiger partial charge in [0.15, 0.2) is 0 Å². The van der Waals surface area contributed by atoms with Crippen molar-refractivity contribution in [2.24, 2.45) is 40.4 Å². The average molecular weight is 395 g/mol. The first-order valence-electron chi connectivity index (χ1n) is 11.3. The number of rotatable bonds is 2. The van der Waals surface area contributed by atoms with Crippen LogP contribution < -0.4 is 0 Å². The number of fused-ring (bicyclic) bond motifs is 5. The standard InChI is InChI=1S/C23H38O5/c1-12(24)21-20(28-13(2)25)10-17-15-6-5-14-9-18(26)19(27)11-23(14,4)16(15)7-8-22(17,21)3/h12,14-21,24,26-27H,5-11H2,1-4H3/t12-,14+,15-,16+,17+,18+,19-,20+,21+,22+,23+/m1/s1. The SMILES string of the molecule is CC(=O)O[C@H]1C[C@H]2[C@@H]3CC[C@H]4C[C@H](O)[C@H](O)C[C@]4(C)[C@H]3CC[C@]2(C)[C@H]1[C@@H](C)O. The van der Waals surface area contributed by atoms with Crippen LogP contribution in [0.1, 0.15) is 72.6 Å². The van der Waals surface area contributed by atoms with Gasteiger partial charge < -0.3 is 20.1 Å². The molecule has 5 nitrogen and oxygen atoms in total. The lowest BCUT2D eigenvalue weighted by atomic mass is 9.44. The molecule has 11 atom stereocenters. The molecule has 0 heterocycles. The van der Waals surface area contributed by atoms with Crippen LogP contribution in [0.3, 0.4) is 0 Å². The van der Waals surface area contributed by atoms with E-state index < -0.39 is 18.3 Å². The Bertz CT molecular complexity index is 620. The Morgan fingerprint density at radius 3 is 2.39 bits per heavy atom. The van der Waals surface area contributed by atoms with Gasteiger partial charge in [0.2, 0.25) is 0 Å². The van der Waals surface area contributed by atoms with Crippen molar-refractivity contribution in [1.82, 2.24) is 0 Å². The summed E-state index contributed by atoms with van der Waals surface area (Å²) in [7, 11) is 0. The smallest absolute Gasteiger partial charge is 0.302 e. The first kappa shape index (κ1) is 20.6. The molecule has 0 spiro atoms. The normalized spacial score (nSPS) is 54.2. The summed E-state index contributed by atoms with van der Waals surface area (Å²) in [5.41, 5.74) is 0.0637. The second kappa shape index (κ2) is 6.95. The van der Waals surface area contributed by atoms with Crippen LogP contribution in [0.15, 0.2) is 0 Å². The highest BCUT2D eigenvalue weighted by Gasteiger charge is 2.64. The van der Waals surface area contributed by atoms with Crippen LogP contribution in [0, 0.1) is 40.4 Å². The van der Waals surface area contributed by atoms with Gasteiger partial charge in [-0.2, -0.15) is 0 Å². The maximum absolute atomic E-state index is 11.7. The average Bonchev–Trinajstić information content (AvgIpc) is 2.87. The molecule has 0 aromatic rings. The van der Waals surface area contributed by atoms with E-state index in [1.807, 2.05) is 6.92 Å². The molecule has 0 aromatic carbocycles. The van der Waals surface area contributed by atoms with Gasteiger partial charge in [0.05, 0.1) is 18.3 Å². The maximum Gasteiger partial charge on any atom is 0.302 e. The summed E-state index contributed by atoms with van der Waals surface area (Å²) in [5.74, 6) is 1.74. The summed E-state index contributed by atoms with van der Waals surface area (Å²) in [5, 5.41) is 31.2. The number of carbonyl (C=O) groups excluding carboxylic acids is 1. The Kier molecular flexibility index (Phi) is 5.12. The van der Waals surface area contributed by atoms with Gasteiger partial charge in [-0.1, -0.05) is 13.8 Å². The fourth-order valence-corrected chi connectivity index (χ4v) is 8.50. The minimum atomic E-state index is -0.615. The summed E-state index contributed by atoms with van der Waals surface area (Å²) < 4.78 is 5.71. The largest absolute Gasteiger partial charge is 0.462 e. The van der Waals surface area contributed by atoms with Crippen molar-refractivity contribution in [3.05, 3.63) is 0 Å². The lowest BCUT2D eigenvalue weighted by molar-refractivity contribution is -0.163. The second-order valence-electron chi connectivity index (χ2n) is 10.9. The number of hydrogen-bond acceptors (Lipinski definition) is 5. The van der Waals surface area contributed by atoms with Gasteiger partial charge >= 0.3 is 5.97 Å². The quantitative estimate of drug-likeness (QED) is 0.627. The summed E-state index contributed by atoms with van der Waals surface area (Å²) >= 11 is 0. The number of esters is 1. The van der Waals surface area contributed by atoms with Crippen molar-refractivity contribution < 1.29 is 24.9 Å². The maximum atomic E-state index is 11.7. The summed E-state index contributed by atoms with van der Waals surface area (Å²) in [6.45, 7) is 7.96. The predicted molar refractivity (Wildman–Crippen MR) is 105 cm³/mol. The minimum absolute atomic E-state index is 0.00773. The zero-order valence-electron chi connectivity index (χ0n) is 17.8. The molecule has 4 rings (SSSR count). The lowest BCUT2D eigenvalue weighted by Gasteiger charge is -2.61. The van der Waals surface area contributed by atoms with E-state index in [0.717, 1.165) is 38.5 Å². The first-order valence-corrected chi connectivity index (χ1v) is 11.3. The third kappa shape index (κ3) is 2.95. The lowest BCUT2D eigenvalue weighted by Crippen LogP contribution is -2.57.